The molecule has 0 bridgehead atoms. The first kappa shape index (κ1) is 85.9. The molecule has 12 aromatic rings. The average Bonchev–Trinajstić information content (AvgIpc) is 0.798. The molecule has 12 rings (SSSR count). The van der Waals surface area contributed by atoms with Gasteiger partial charge in [-0.15, -0.1) is 0 Å². The largest absolute Gasteiger partial charge is 0.508 e. The maximum absolute atomic E-state index is 11.2. The highest BCUT2D eigenvalue weighted by atomic mass is 16.4. The lowest BCUT2D eigenvalue weighted by atomic mass is 9.75. The summed E-state index contributed by atoms with van der Waals surface area (Å²) < 4.78 is 0. The zero-order valence-electron chi connectivity index (χ0n) is 64.3. The molecule has 28 heteroatoms. The van der Waals surface area contributed by atoms with Gasteiger partial charge in [0.2, 0.25) is 0 Å². The van der Waals surface area contributed by atoms with Crippen molar-refractivity contribution in [3.05, 3.63) is 259 Å². The minimum absolute atomic E-state index is 0.0263. The molecule has 120 heavy (non-hydrogen) atoms. The molecule has 0 aliphatic heterocycles. The standard InChI is InChI=1S/2C46H46O14/c2*47-33-13-23(1-6-28(33)8-3-25-15-35(49)43(57)36(50)16-25)11-30(10-5-27-19-39(53)45(59)40(54)20-27)32(31-21-41(55)46(60)42(56)22-31)12-24-2-7-29(34(48)14-24)9-4-26-17-37(51)44(58)38(52)18-26/h2*1-2,6-7,13-22,30,32,47-60H,3-5,8-12H2/t2*30-,32-/m10/s1. The quantitative estimate of drug-likeness (QED) is 0.0186. The van der Waals surface area contributed by atoms with Crippen LogP contribution in [-0.4, -0.2) is 143 Å². The van der Waals surface area contributed by atoms with E-state index < -0.39 is 162 Å². The van der Waals surface area contributed by atoms with E-state index in [2.05, 4.69) is 0 Å². The third-order valence-electron chi connectivity index (χ3n) is 21.8. The van der Waals surface area contributed by atoms with Gasteiger partial charge in [0, 0.05) is 0 Å². The van der Waals surface area contributed by atoms with Gasteiger partial charge >= 0.3 is 0 Å². The van der Waals surface area contributed by atoms with Crippen molar-refractivity contribution in [1.82, 2.24) is 0 Å². The highest BCUT2D eigenvalue weighted by molar-refractivity contribution is 5.59. The highest BCUT2D eigenvalue weighted by Crippen LogP contribution is 2.49. The smallest absolute Gasteiger partial charge is 0.200 e. The Morgan fingerprint density at radius 3 is 0.492 bits per heavy atom. The molecule has 0 radical (unpaired) electrons. The number of rotatable bonds is 30. The van der Waals surface area contributed by atoms with Crippen LogP contribution in [0.3, 0.4) is 0 Å². The van der Waals surface area contributed by atoms with Crippen LogP contribution in [0.15, 0.2) is 170 Å². The molecule has 28 nitrogen and oxygen atoms in total. The number of phenols is 28. The minimum Gasteiger partial charge on any atom is -0.508 e. The van der Waals surface area contributed by atoms with Crippen LogP contribution in [0.4, 0.5) is 0 Å². The fraction of sp³-hybridized carbons (Fsp3) is 0.217. The van der Waals surface area contributed by atoms with Crippen LogP contribution in [0.1, 0.15) is 114 Å². The molecule has 0 unspecified atom stereocenters. The summed E-state index contributed by atoms with van der Waals surface area (Å²) in [6, 6.07) is 41.7. The van der Waals surface area contributed by atoms with E-state index >= 15 is 0 Å². The summed E-state index contributed by atoms with van der Waals surface area (Å²) in [6.07, 6.45) is 4.79. The number of aromatic hydroxyl groups is 28. The van der Waals surface area contributed by atoms with Gasteiger partial charge in [0.1, 0.15) is 23.0 Å². The predicted molar refractivity (Wildman–Crippen MR) is 437 cm³/mol. The molecule has 0 aliphatic carbocycles. The SMILES string of the molecule is Oc1cc(C[C@@H](CCc2cc(O)c(O)c(O)c2)[C@@H](Cc2ccc(CCc3cc(O)c(O)c(O)c3)c(O)c2)c2cc(O)c(O)c(O)c2)ccc1CCc1cc(O)c(O)c(O)c1.Oc1cc(C[C@H](CCc2cc(O)c(O)c(O)c2)[C@H](Cc2ccc(CCc3cc(O)c(O)c(O)c3)c(O)c2)c2cc(O)c(O)c(O)c2)ccc1CCc1cc(O)c(O)c(O)c1. The molecule has 0 saturated heterocycles. The van der Waals surface area contributed by atoms with Gasteiger partial charge < -0.3 is 143 Å². The third-order valence-corrected chi connectivity index (χ3v) is 21.8. The summed E-state index contributed by atoms with van der Waals surface area (Å²) in [7, 11) is 0. The zero-order valence-corrected chi connectivity index (χ0v) is 64.3. The lowest BCUT2D eigenvalue weighted by molar-refractivity contribution is 0.357. The van der Waals surface area contributed by atoms with E-state index in [1.165, 1.54) is 97.1 Å². The first-order chi connectivity index (χ1) is 56.9. The molecule has 28 N–H and O–H groups in total. The van der Waals surface area contributed by atoms with Crippen LogP contribution in [0, 0.1) is 11.8 Å². The fourth-order valence-corrected chi connectivity index (χ4v) is 15.2. The normalized spacial score (nSPS) is 12.3. The van der Waals surface area contributed by atoms with Gasteiger partial charge in [0.25, 0.3) is 0 Å². The Bertz CT molecular complexity index is 5230. The molecule has 628 valence electrons. The summed E-state index contributed by atoms with van der Waals surface area (Å²) in [5.41, 5.74) is 8.88. The summed E-state index contributed by atoms with van der Waals surface area (Å²) in [5, 5.41) is 287. The molecule has 0 aliphatic rings. The van der Waals surface area contributed by atoms with Gasteiger partial charge in [-0.2, -0.15) is 0 Å². The van der Waals surface area contributed by atoms with Crippen LogP contribution in [0.25, 0.3) is 0 Å². The number of hydrogen-bond donors (Lipinski definition) is 28. The van der Waals surface area contributed by atoms with Gasteiger partial charge in [0.15, 0.2) is 138 Å². The molecular formula is C92H92O28. The Balaban J connectivity index is 0.000000235. The summed E-state index contributed by atoms with van der Waals surface area (Å²) >= 11 is 0. The summed E-state index contributed by atoms with van der Waals surface area (Å²) in [4.78, 5) is 0. The molecule has 0 aromatic heterocycles. The number of benzene rings is 12. The van der Waals surface area contributed by atoms with E-state index in [0.29, 0.717) is 166 Å². The van der Waals surface area contributed by atoms with Crippen molar-refractivity contribution in [1.29, 1.82) is 0 Å². The van der Waals surface area contributed by atoms with Crippen molar-refractivity contribution < 1.29 is 143 Å². The lowest BCUT2D eigenvalue weighted by Crippen LogP contribution is -2.19. The second-order valence-corrected chi connectivity index (χ2v) is 30.2. The Morgan fingerprint density at radius 1 is 0.150 bits per heavy atom. The van der Waals surface area contributed by atoms with Crippen molar-refractivity contribution in [2.45, 2.75) is 115 Å². The van der Waals surface area contributed by atoms with Crippen molar-refractivity contribution in [2.24, 2.45) is 11.8 Å². The Kier molecular flexibility index (Phi) is 26.4. The second kappa shape index (κ2) is 36.9. The van der Waals surface area contributed by atoms with Crippen LogP contribution >= 0.6 is 0 Å². The Labute approximate surface area is 686 Å². The van der Waals surface area contributed by atoms with E-state index in [9.17, 15) is 143 Å². The molecule has 0 amide bonds. The average molecular weight is 1650 g/mol. The Hall–Kier alpha value is -15.0. The first-order valence-electron chi connectivity index (χ1n) is 38.1. The van der Waals surface area contributed by atoms with Gasteiger partial charge in [-0.3, -0.25) is 0 Å². The van der Waals surface area contributed by atoms with Crippen LogP contribution < -0.4 is 0 Å². The molecule has 0 spiro atoms. The molecule has 0 saturated carbocycles. The minimum atomic E-state index is -0.709. The number of aryl methyl sites for hydroxylation is 10. The van der Waals surface area contributed by atoms with Crippen molar-refractivity contribution in [3.8, 4) is 161 Å². The van der Waals surface area contributed by atoms with Gasteiger partial charge in [-0.25, -0.2) is 0 Å². The van der Waals surface area contributed by atoms with Crippen molar-refractivity contribution in [2.75, 3.05) is 0 Å². The van der Waals surface area contributed by atoms with Crippen LogP contribution in [0.5, 0.6) is 161 Å². The van der Waals surface area contributed by atoms with Gasteiger partial charge in [-0.05, 0) is 337 Å². The number of phenolic OH excluding ortho intramolecular Hbond substituents is 28. The van der Waals surface area contributed by atoms with E-state index in [1.54, 1.807) is 60.7 Å². The molecular weight excluding hydrogens is 1550 g/mol. The topological polar surface area (TPSA) is 566 Å². The van der Waals surface area contributed by atoms with Crippen molar-refractivity contribution in [3.63, 3.8) is 0 Å². The van der Waals surface area contributed by atoms with Gasteiger partial charge in [-0.1, -0.05) is 48.5 Å². The fourth-order valence-electron chi connectivity index (χ4n) is 15.2. The maximum atomic E-state index is 11.2. The molecule has 0 heterocycles. The van der Waals surface area contributed by atoms with E-state index in [0.717, 1.165) is 0 Å². The summed E-state index contributed by atoms with van der Waals surface area (Å²) in [6.45, 7) is 0. The molecule has 0 fully saturated rings. The van der Waals surface area contributed by atoms with E-state index in [4.69, 9.17) is 0 Å². The first-order valence-corrected chi connectivity index (χ1v) is 38.1. The van der Waals surface area contributed by atoms with Gasteiger partial charge in [0.05, 0.1) is 0 Å². The second-order valence-electron chi connectivity index (χ2n) is 30.2. The molecule has 4 atom stereocenters. The van der Waals surface area contributed by atoms with Crippen molar-refractivity contribution >= 4 is 0 Å². The van der Waals surface area contributed by atoms with Crippen LogP contribution in [-0.2, 0) is 89.9 Å². The van der Waals surface area contributed by atoms with E-state index in [1.807, 2.05) is 12.1 Å². The monoisotopic (exact) mass is 1640 g/mol. The third kappa shape index (κ3) is 20.8. The van der Waals surface area contributed by atoms with E-state index in [-0.39, 0.29) is 48.7 Å². The summed E-state index contributed by atoms with van der Waals surface area (Å²) in [5.74, 6) is -15.4. The van der Waals surface area contributed by atoms with Crippen LogP contribution in [0.2, 0.25) is 0 Å². The lowest BCUT2D eigenvalue weighted by Gasteiger charge is -2.29. The predicted octanol–water partition coefficient (Wildman–Crippen LogP) is 13.9. The Morgan fingerprint density at radius 2 is 0.308 bits per heavy atom. The zero-order chi connectivity index (χ0) is 86.8. The molecule has 12 aromatic carbocycles. The number of hydrogen-bond acceptors (Lipinski definition) is 28. The highest BCUT2D eigenvalue weighted by Gasteiger charge is 2.31. The maximum Gasteiger partial charge on any atom is 0.200 e.